The average molecular weight is 373 g/mol. The van der Waals surface area contributed by atoms with Crippen molar-refractivity contribution in [2.24, 2.45) is 0 Å². The number of hydrogen-bond acceptors (Lipinski definition) is 3. The van der Waals surface area contributed by atoms with E-state index in [2.05, 4.69) is 5.32 Å². The third-order valence-electron chi connectivity index (χ3n) is 4.85. The molecule has 0 radical (unpaired) electrons. The Labute approximate surface area is 149 Å². The van der Waals surface area contributed by atoms with Gasteiger partial charge in [-0.1, -0.05) is 31.0 Å². The lowest BCUT2D eigenvalue weighted by Gasteiger charge is -2.30. The van der Waals surface area contributed by atoms with Crippen LogP contribution in [0.1, 0.15) is 43.2 Å². The van der Waals surface area contributed by atoms with Gasteiger partial charge in [0.2, 0.25) is 5.91 Å². The lowest BCUT2D eigenvalue weighted by atomic mass is 9.77. The minimum absolute atomic E-state index is 0.0796. The molecule has 1 unspecified atom stereocenters. The third-order valence-corrected chi connectivity index (χ3v) is 4.85. The van der Waals surface area contributed by atoms with Crippen molar-refractivity contribution in [3.05, 3.63) is 35.4 Å². The van der Waals surface area contributed by atoms with E-state index in [0.717, 1.165) is 12.1 Å². The second-order valence-corrected chi connectivity index (χ2v) is 6.51. The highest BCUT2D eigenvalue weighted by Crippen LogP contribution is 2.43. The summed E-state index contributed by atoms with van der Waals surface area (Å²) in [5, 5.41) is 11.8. The summed E-state index contributed by atoms with van der Waals surface area (Å²) < 4.78 is 44.0. The Morgan fingerprint density at radius 1 is 1.31 bits per heavy atom. The first-order valence-corrected chi connectivity index (χ1v) is 8.41. The number of carboxylic acid groups (broad SMARTS) is 1. The normalized spacial score (nSPS) is 17.7. The first-order valence-electron chi connectivity index (χ1n) is 8.41. The maximum Gasteiger partial charge on any atom is 0.416 e. The van der Waals surface area contributed by atoms with Crippen molar-refractivity contribution in [2.45, 2.75) is 49.7 Å². The predicted molar refractivity (Wildman–Crippen MR) is 87.6 cm³/mol. The Morgan fingerprint density at radius 3 is 2.50 bits per heavy atom. The summed E-state index contributed by atoms with van der Waals surface area (Å²) in [6.45, 7) is 0.147. The van der Waals surface area contributed by atoms with Crippen LogP contribution in [-0.4, -0.2) is 36.7 Å². The van der Waals surface area contributed by atoms with E-state index >= 15 is 0 Å². The third kappa shape index (κ3) is 4.35. The molecule has 0 saturated heterocycles. The zero-order chi connectivity index (χ0) is 19.4. The molecule has 1 aromatic carbocycles. The monoisotopic (exact) mass is 373 g/mol. The van der Waals surface area contributed by atoms with E-state index in [-0.39, 0.29) is 18.6 Å². The van der Waals surface area contributed by atoms with Gasteiger partial charge in [0.1, 0.15) is 6.04 Å². The number of carbonyl (C=O) groups excluding carboxylic acids is 1. The largest absolute Gasteiger partial charge is 0.480 e. The Kier molecular flexibility index (Phi) is 6.28. The highest BCUT2D eigenvalue weighted by molar-refractivity contribution is 5.91. The number of aliphatic carboxylic acids is 1. The van der Waals surface area contributed by atoms with E-state index in [4.69, 9.17) is 4.74 Å². The Hall–Kier alpha value is -2.09. The fourth-order valence-electron chi connectivity index (χ4n) is 3.41. The molecular weight excluding hydrogens is 351 g/mol. The van der Waals surface area contributed by atoms with Crippen molar-refractivity contribution in [3.63, 3.8) is 0 Å². The second-order valence-electron chi connectivity index (χ2n) is 6.51. The summed E-state index contributed by atoms with van der Waals surface area (Å²) in [7, 11) is 1.42. The molecule has 8 heteroatoms. The SMILES string of the molecule is COCCC(NC(=O)C1(c2cccc(C(F)(F)F)c2)CCCC1)C(=O)O. The lowest BCUT2D eigenvalue weighted by molar-refractivity contribution is -0.143. The maximum absolute atomic E-state index is 13.0. The van der Waals surface area contributed by atoms with Crippen LogP contribution in [0.5, 0.6) is 0 Å². The van der Waals surface area contributed by atoms with Gasteiger partial charge in [-0.25, -0.2) is 4.79 Å². The number of nitrogens with one attached hydrogen (secondary N) is 1. The summed E-state index contributed by atoms with van der Waals surface area (Å²) >= 11 is 0. The van der Waals surface area contributed by atoms with Gasteiger partial charge in [0, 0.05) is 20.1 Å². The van der Waals surface area contributed by atoms with Gasteiger partial charge in [0.25, 0.3) is 0 Å². The van der Waals surface area contributed by atoms with Crippen LogP contribution >= 0.6 is 0 Å². The molecule has 0 heterocycles. The summed E-state index contributed by atoms with van der Waals surface area (Å²) in [6.07, 6.45) is -2.27. The number of methoxy groups -OCH3 is 1. The molecule has 144 valence electrons. The smallest absolute Gasteiger partial charge is 0.416 e. The summed E-state index contributed by atoms with van der Waals surface area (Å²) in [5.74, 6) is -1.74. The fraction of sp³-hybridized carbons (Fsp3) is 0.556. The van der Waals surface area contributed by atoms with E-state index < -0.39 is 35.1 Å². The molecule has 0 aromatic heterocycles. The molecule has 1 atom stereocenters. The molecule has 5 nitrogen and oxygen atoms in total. The van der Waals surface area contributed by atoms with Crippen molar-refractivity contribution in [1.82, 2.24) is 5.32 Å². The van der Waals surface area contributed by atoms with E-state index in [1.807, 2.05) is 0 Å². The molecular formula is C18H22F3NO4. The average Bonchev–Trinajstić information content (AvgIpc) is 3.08. The number of halogens is 3. The Balaban J connectivity index is 2.32. The fourth-order valence-corrected chi connectivity index (χ4v) is 3.41. The van der Waals surface area contributed by atoms with Crippen LogP contribution in [0, 0.1) is 0 Å². The highest BCUT2D eigenvalue weighted by atomic mass is 19.4. The molecule has 1 saturated carbocycles. The van der Waals surface area contributed by atoms with Crippen molar-refractivity contribution in [2.75, 3.05) is 13.7 Å². The van der Waals surface area contributed by atoms with Crippen LogP contribution < -0.4 is 5.32 Å². The summed E-state index contributed by atoms with van der Waals surface area (Å²) in [6, 6.07) is 3.60. The van der Waals surface area contributed by atoms with Gasteiger partial charge in [-0.05, 0) is 24.5 Å². The molecule has 1 aromatic rings. The highest BCUT2D eigenvalue weighted by Gasteiger charge is 2.44. The van der Waals surface area contributed by atoms with Crippen molar-refractivity contribution >= 4 is 11.9 Å². The number of carbonyl (C=O) groups is 2. The standard InChI is InChI=1S/C18H22F3NO4/c1-26-10-7-14(15(23)24)22-16(25)17(8-2-3-9-17)12-5-4-6-13(11-12)18(19,20)21/h4-6,11,14H,2-3,7-10H2,1H3,(H,22,25)(H,23,24). The number of rotatable bonds is 7. The molecule has 0 spiro atoms. The van der Waals surface area contributed by atoms with Crippen LogP contribution in [0.2, 0.25) is 0 Å². The van der Waals surface area contributed by atoms with E-state index in [1.165, 1.54) is 19.2 Å². The van der Waals surface area contributed by atoms with Gasteiger partial charge in [0.05, 0.1) is 11.0 Å². The number of ether oxygens (including phenoxy) is 1. The molecule has 0 bridgehead atoms. The number of benzene rings is 1. The van der Waals surface area contributed by atoms with Gasteiger partial charge in [-0.15, -0.1) is 0 Å². The van der Waals surface area contributed by atoms with E-state index in [9.17, 15) is 27.9 Å². The number of alkyl halides is 3. The van der Waals surface area contributed by atoms with E-state index in [1.54, 1.807) is 0 Å². The Morgan fingerprint density at radius 2 is 1.96 bits per heavy atom. The van der Waals surface area contributed by atoms with Crippen LogP contribution in [0.4, 0.5) is 13.2 Å². The van der Waals surface area contributed by atoms with Gasteiger partial charge in [-0.3, -0.25) is 4.79 Å². The molecule has 2 N–H and O–H groups in total. The van der Waals surface area contributed by atoms with Crippen LogP contribution in [0.25, 0.3) is 0 Å². The number of hydrogen-bond donors (Lipinski definition) is 2. The van der Waals surface area contributed by atoms with Crippen LogP contribution in [-0.2, 0) is 25.9 Å². The predicted octanol–water partition coefficient (Wildman–Crippen LogP) is 3.12. The van der Waals surface area contributed by atoms with Gasteiger partial charge >= 0.3 is 12.1 Å². The molecule has 1 fully saturated rings. The van der Waals surface area contributed by atoms with Crippen LogP contribution in [0.15, 0.2) is 24.3 Å². The first kappa shape index (κ1) is 20.2. The quantitative estimate of drug-likeness (QED) is 0.770. The Bertz CT molecular complexity index is 654. The van der Waals surface area contributed by atoms with Crippen molar-refractivity contribution in [3.8, 4) is 0 Å². The molecule has 1 amide bonds. The summed E-state index contributed by atoms with van der Waals surface area (Å²) in [4.78, 5) is 24.3. The van der Waals surface area contributed by atoms with Gasteiger partial charge in [0.15, 0.2) is 0 Å². The van der Waals surface area contributed by atoms with Gasteiger partial charge < -0.3 is 15.2 Å². The van der Waals surface area contributed by atoms with Crippen molar-refractivity contribution in [1.29, 1.82) is 0 Å². The molecule has 26 heavy (non-hydrogen) atoms. The number of amides is 1. The molecule has 2 rings (SSSR count). The van der Waals surface area contributed by atoms with E-state index in [0.29, 0.717) is 25.7 Å². The zero-order valence-corrected chi connectivity index (χ0v) is 14.4. The minimum Gasteiger partial charge on any atom is -0.480 e. The second kappa shape index (κ2) is 8.07. The van der Waals surface area contributed by atoms with Crippen LogP contribution in [0.3, 0.4) is 0 Å². The topological polar surface area (TPSA) is 75.6 Å². The molecule has 0 aliphatic heterocycles. The zero-order valence-electron chi connectivity index (χ0n) is 14.4. The maximum atomic E-state index is 13.0. The number of carboxylic acids is 1. The minimum atomic E-state index is -4.51. The van der Waals surface area contributed by atoms with Gasteiger partial charge in [-0.2, -0.15) is 13.2 Å². The summed E-state index contributed by atoms with van der Waals surface area (Å²) in [5.41, 5.74) is -1.68. The lowest BCUT2D eigenvalue weighted by Crippen LogP contribution is -2.50. The first-order chi connectivity index (χ1) is 12.2. The molecule has 1 aliphatic carbocycles. The van der Waals surface area contributed by atoms with Crippen molar-refractivity contribution < 1.29 is 32.6 Å². The molecule has 1 aliphatic rings.